The zero-order valence-electron chi connectivity index (χ0n) is 11.6. The molecule has 8 heteroatoms. The molecule has 118 valence electrons. The molecule has 1 amide bonds. The Balaban J connectivity index is 1.68. The van der Waals surface area contributed by atoms with Gasteiger partial charge in [0.1, 0.15) is 5.75 Å². The normalized spacial score (nSPS) is 10.7. The lowest BCUT2D eigenvalue weighted by atomic mass is 10.2. The van der Waals surface area contributed by atoms with Crippen LogP contribution in [0.25, 0.3) is 10.9 Å². The fourth-order valence-electron chi connectivity index (χ4n) is 2.02. The van der Waals surface area contributed by atoms with Crippen LogP contribution in [0.15, 0.2) is 36.5 Å². The highest BCUT2D eigenvalue weighted by atomic mass is 35.5. The zero-order valence-corrected chi connectivity index (χ0v) is 13.8. The third kappa shape index (κ3) is 3.52. The number of fused-ring (bicyclic) bond motifs is 1. The smallest absolute Gasteiger partial charge is 0.262 e. The SMILES string of the molecule is O=C(COc1cc(Cl)c(Cl)cc1Cl)Nc1cccc2cn[nH]c12. The van der Waals surface area contributed by atoms with E-state index in [9.17, 15) is 4.79 Å². The Morgan fingerprint density at radius 2 is 1.96 bits per heavy atom. The predicted molar refractivity (Wildman–Crippen MR) is 91.7 cm³/mol. The van der Waals surface area contributed by atoms with Gasteiger partial charge < -0.3 is 10.1 Å². The highest BCUT2D eigenvalue weighted by Crippen LogP contribution is 2.33. The van der Waals surface area contributed by atoms with E-state index in [2.05, 4.69) is 15.5 Å². The van der Waals surface area contributed by atoms with Crippen LogP contribution in [0, 0.1) is 0 Å². The number of benzene rings is 2. The average Bonchev–Trinajstić information content (AvgIpc) is 2.99. The molecule has 0 unspecified atom stereocenters. The first-order chi connectivity index (χ1) is 11.0. The van der Waals surface area contributed by atoms with Crippen molar-refractivity contribution in [3.8, 4) is 5.75 Å². The number of hydrogen-bond donors (Lipinski definition) is 2. The summed E-state index contributed by atoms with van der Waals surface area (Å²) in [5.74, 6) is -0.0507. The molecule has 3 rings (SSSR count). The fourth-order valence-corrected chi connectivity index (χ4v) is 2.61. The Bertz CT molecular complexity index is 880. The van der Waals surface area contributed by atoms with Gasteiger partial charge in [0, 0.05) is 11.5 Å². The van der Waals surface area contributed by atoms with Crippen LogP contribution in [-0.4, -0.2) is 22.7 Å². The van der Waals surface area contributed by atoms with E-state index in [1.54, 1.807) is 12.3 Å². The molecule has 0 fully saturated rings. The Morgan fingerprint density at radius 3 is 2.78 bits per heavy atom. The maximum Gasteiger partial charge on any atom is 0.262 e. The van der Waals surface area contributed by atoms with Gasteiger partial charge in [-0.25, -0.2) is 0 Å². The first-order valence-electron chi connectivity index (χ1n) is 6.54. The van der Waals surface area contributed by atoms with Crippen LogP contribution in [0.5, 0.6) is 5.75 Å². The molecule has 3 aromatic rings. The number of halogens is 3. The van der Waals surface area contributed by atoms with Gasteiger partial charge in [-0.15, -0.1) is 0 Å². The lowest BCUT2D eigenvalue weighted by molar-refractivity contribution is -0.118. The minimum absolute atomic E-state index is 0.220. The second kappa shape index (κ2) is 6.66. The quantitative estimate of drug-likeness (QED) is 0.663. The molecule has 0 aliphatic rings. The number of aromatic amines is 1. The second-order valence-corrected chi connectivity index (χ2v) is 5.89. The summed E-state index contributed by atoms with van der Waals surface area (Å²) in [4.78, 5) is 12.0. The number of nitrogens with one attached hydrogen (secondary N) is 2. The minimum atomic E-state index is -0.339. The second-order valence-electron chi connectivity index (χ2n) is 4.67. The Morgan fingerprint density at radius 1 is 1.17 bits per heavy atom. The number of nitrogens with zero attached hydrogens (tertiary/aromatic N) is 1. The number of para-hydroxylation sites is 1. The van der Waals surface area contributed by atoms with Gasteiger partial charge in [0.05, 0.1) is 32.5 Å². The molecule has 0 aliphatic carbocycles. The molecular weight excluding hydrogens is 361 g/mol. The van der Waals surface area contributed by atoms with E-state index in [4.69, 9.17) is 39.5 Å². The van der Waals surface area contributed by atoms with Gasteiger partial charge in [-0.2, -0.15) is 5.10 Å². The van der Waals surface area contributed by atoms with E-state index in [1.165, 1.54) is 12.1 Å². The van der Waals surface area contributed by atoms with Crippen LogP contribution in [0.4, 0.5) is 5.69 Å². The van der Waals surface area contributed by atoms with Crippen LogP contribution in [-0.2, 0) is 4.79 Å². The number of aromatic nitrogens is 2. The van der Waals surface area contributed by atoms with Crippen LogP contribution < -0.4 is 10.1 Å². The van der Waals surface area contributed by atoms with Crippen LogP contribution in [0.1, 0.15) is 0 Å². The number of amides is 1. The minimum Gasteiger partial charge on any atom is -0.482 e. The molecule has 0 saturated heterocycles. The number of H-pyrrole nitrogens is 1. The first kappa shape index (κ1) is 15.9. The van der Waals surface area contributed by atoms with Crippen molar-refractivity contribution in [2.24, 2.45) is 0 Å². The van der Waals surface area contributed by atoms with Gasteiger partial charge in [-0.3, -0.25) is 9.89 Å². The monoisotopic (exact) mass is 369 g/mol. The number of ether oxygens (including phenoxy) is 1. The highest BCUT2D eigenvalue weighted by Gasteiger charge is 2.11. The number of carbonyl (C=O) groups excluding carboxylic acids is 1. The van der Waals surface area contributed by atoms with Crippen molar-refractivity contribution in [1.82, 2.24) is 10.2 Å². The average molecular weight is 371 g/mol. The van der Waals surface area contributed by atoms with Crippen molar-refractivity contribution in [1.29, 1.82) is 0 Å². The number of carbonyl (C=O) groups is 1. The van der Waals surface area contributed by atoms with Gasteiger partial charge in [-0.05, 0) is 12.1 Å². The van der Waals surface area contributed by atoms with E-state index in [0.29, 0.717) is 15.7 Å². The molecule has 0 atom stereocenters. The molecule has 0 aliphatic heterocycles. The summed E-state index contributed by atoms with van der Waals surface area (Å²) in [7, 11) is 0. The zero-order chi connectivity index (χ0) is 16.4. The molecule has 5 nitrogen and oxygen atoms in total. The van der Waals surface area contributed by atoms with Crippen molar-refractivity contribution in [3.05, 3.63) is 51.6 Å². The number of anilines is 1. The molecule has 0 spiro atoms. The van der Waals surface area contributed by atoms with Gasteiger partial charge in [0.25, 0.3) is 5.91 Å². The lowest BCUT2D eigenvalue weighted by Gasteiger charge is -2.10. The van der Waals surface area contributed by atoms with E-state index in [1.807, 2.05) is 12.1 Å². The summed E-state index contributed by atoms with van der Waals surface area (Å²) in [6, 6.07) is 8.41. The topological polar surface area (TPSA) is 67.0 Å². The van der Waals surface area contributed by atoms with Crippen LogP contribution in [0.3, 0.4) is 0 Å². The molecular formula is C15H10Cl3N3O2. The van der Waals surface area contributed by atoms with Crippen LogP contribution in [0.2, 0.25) is 15.1 Å². The van der Waals surface area contributed by atoms with Crippen LogP contribution >= 0.6 is 34.8 Å². The van der Waals surface area contributed by atoms with Crippen molar-refractivity contribution in [2.75, 3.05) is 11.9 Å². The fraction of sp³-hybridized carbons (Fsp3) is 0.0667. The molecule has 0 saturated carbocycles. The number of rotatable bonds is 4. The molecule has 2 aromatic carbocycles. The molecule has 23 heavy (non-hydrogen) atoms. The predicted octanol–water partition coefficient (Wildman–Crippen LogP) is 4.54. The Hall–Kier alpha value is -1.95. The number of hydrogen-bond acceptors (Lipinski definition) is 3. The van der Waals surface area contributed by atoms with E-state index in [-0.39, 0.29) is 23.3 Å². The summed E-state index contributed by atoms with van der Waals surface area (Å²) in [6.07, 6.45) is 1.68. The molecule has 2 N–H and O–H groups in total. The largest absolute Gasteiger partial charge is 0.482 e. The third-order valence-corrected chi connectivity index (χ3v) is 4.10. The Labute approximate surface area is 146 Å². The lowest BCUT2D eigenvalue weighted by Crippen LogP contribution is -2.20. The standard InChI is InChI=1S/C15H10Cl3N3O2/c16-9-4-11(18)13(5-10(9)17)23-7-14(22)20-12-3-1-2-8-6-19-21-15(8)12/h1-6H,7H2,(H,19,21)(H,20,22). The summed E-state index contributed by atoms with van der Waals surface area (Å²) < 4.78 is 5.39. The van der Waals surface area contributed by atoms with E-state index >= 15 is 0 Å². The summed E-state index contributed by atoms with van der Waals surface area (Å²) >= 11 is 17.7. The first-order valence-corrected chi connectivity index (χ1v) is 7.67. The maximum atomic E-state index is 12.0. The Kier molecular flexibility index (Phi) is 4.61. The van der Waals surface area contributed by atoms with Crippen molar-refractivity contribution >= 4 is 57.3 Å². The van der Waals surface area contributed by atoms with E-state index in [0.717, 1.165) is 10.9 Å². The van der Waals surface area contributed by atoms with E-state index < -0.39 is 0 Å². The van der Waals surface area contributed by atoms with Crippen molar-refractivity contribution in [2.45, 2.75) is 0 Å². The van der Waals surface area contributed by atoms with Gasteiger partial charge in [-0.1, -0.05) is 46.9 Å². The van der Waals surface area contributed by atoms with Crippen molar-refractivity contribution < 1.29 is 9.53 Å². The maximum absolute atomic E-state index is 12.0. The molecule has 0 radical (unpaired) electrons. The third-order valence-electron chi connectivity index (χ3n) is 3.08. The van der Waals surface area contributed by atoms with Crippen molar-refractivity contribution in [3.63, 3.8) is 0 Å². The molecule has 1 heterocycles. The van der Waals surface area contributed by atoms with Gasteiger partial charge in [0.2, 0.25) is 0 Å². The summed E-state index contributed by atoms with van der Waals surface area (Å²) in [5, 5.41) is 11.3. The molecule has 0 bridgehead atoms. The summed E-state index contributed by atoms with van der Waals surface area (Å²) in [6.45, 7) is -0.220. The van der Waals surface area contributed by atoms with Gasteiger partial charge in [0.15, 0.2) is 6.61 Å². The highest BCUT2D eigenvalue weighted by molar-refractivity contribution is 6.43. The molecule has 1 aromatic heterocycles. The van der Waals surface area contributed by atoms with Gasteiger partial charge >= 0.3 is 0 Å². The summed E-state index contributed by atoms with van der Waals surface area (Å²) in [5.41, 5.74) is 1.36.